The van der Waals surface area contributed by atoms with Crippen molar-refractivity contribution in [3.8, 4) is 0 Å². The number of hydrogen-bond acceptors (Lipinski definition) is 3. The molecule has 0 aliphatic rings. The molecule has 0 heterocycles. The minimum Gasteiger partial charge on any atom is -0.465 e. The van der Waals surface area contributed by atoms with E-state index in [0.717, 1.165) is 12.0 Å². The summed E-state index contributed by atoms with van der Waals surface area (Å²) in [5.74, 6) is -0.589. The first-order valence-electron chi connectivity index (χ1n) is 6.71. The van der Waals surface area contributed by atoms with Gasteiger partial charge in [-0.3, -0.25) is 9.59 Å². The molecule has 0 spiro atoms. The summed E-state index contributed by atoms with van der Waals surface area (Å²) in [5, 5.41) is 0.545. The van der Waals surface area contributed by atoms with Crippen LogP contribution in [0.3, 0.4) is 0 Å². The average Bonchev–Trinajstić information content (AvgIpc) is 2.41. The Morgan fingerprint density at radius 1 is 1.30 bits per heavy atom. The summed E-state index contributed by atoms with van der Waals surface area (Å²) in [4.78, 5) is 25.6. The van der Waals surface area contributed by atoms with E-state index in [9.17, 15) is 9.59 Å². The lowest BCUT2D eigenvalue weighted by Crippen LogP contribution is -2.37. The quantitative estimate of drug-likeness (QED) is 0.758. The highest BCUT2D eigenvalue weighted by Gasteiger charge is 2.20. The third kappa shape index (κ3) is 4.23. The Kier molecular flexibility index (Phi) is 6.52. The largest absolute Gasteiger partial charge is 0.465 e. The van der Waals surface area contributed by atoms with E-state index in [0.29, 0.717) is 23.7 Å². The number of nitrogens with zero attached hydrogens (tertiary/aromatic N) is 1. The number of carbonyl (C=O) groups is 2. The molecule has 0 N–H and O–H groups in total. The second-order valence-electron chi connectivity index (χ2n) is 4.44. The standard InChI is InChI=1S/C15H20ClNO3/c1-4-9-17(10-14(18)20-5-2)15(19)12-7-6-8-13(16)11(12)3/h6-8H,4-5,9-10H2,1-3H3. The predicted molar refractivity (Wildman–Crippen MR) is 79.0 cm³/mol. The summed E-state index contributed by atoms with van der Waals surface area (Å²) < 4.78 is 4.90. The number of halogens is 1. The van der Waals surface area contributed by atoms with E-state index in [1.54, 1.807) is 32.0 Å². The number of rotatable bonds is 6. The van der Waals surface area contributed by atoms with Gasteiger partial charge >= 0.3 is 5.97 Å². The highest BCUT2D eigenvalue weighted by molar-refractivity contribution is 6.31. The Balaban J connectivity index is 2.93. The second kappa shape index (κ2) is 7.90. The molecule has 0 saturated heterocycles. The topological polar surface area (TPSA) is 46.6 Å². The van der Waals surface area contributed by atoms with Crippen LogP contribution >= 0.6 is 11.6 Å². The fraction of sp³-hybridized carbons (Fsp3) is 0.467. The SMILES string of the molecule is CCCN(CC(=O)OCC)C(=O)c1cccc(Cl)c1C. The van der Waals surface area contributed by atoms with Gasteiger partial charge in [0.1, 0.15) is 6.54 Å². The van der Waals surface area contributed by atoms with Crippen LogP contribution in [0, 0.1) is 6.92 Å². The van der Waals surface area contributed by atoms with Crippen molar-refractivity contribution in [2.24, 2.45) is 0 Å². The fourth-order valence-electron chi connectivity index (χ4n) is 1.89. The molecule has 0 saturated carbocycles. The Morgan fingerprint density at radius 2 is 2.00 bits per heavy atom. The lowest BCUT2D eigenvalue weighted by Gasteiger charge is -2.22. The molecular formula is C15H20ClNO3. The van der Waals surface area contributed by atoms with Gasteiger partial charge in [0.25, 0.3) is 5.91 Å². The molecule has 0 aromatic heterocycles. The zero-order valence-electron chi connectivity index (χ0n) is 12.1. The van der Waals surface area contributed by atoms with Crippen molar-refractivity contribution in [1.82, 2.24) is 4.90 Å². The first-order valence-corrected chi connectivity index (χ1v) is 7.09. The van der Waals surface area contributed by atoms with Crippen LogP contribution in [0.15, 0.2) is 18.2 Å². The lowest BCUT2D eigenvalue weighted by molar-refractivity contribution is -0.143. The molecule has 0 bridgehead atoms. The normalized spacial score (nSPS) is 10.2. The molecule has 1 aromatic rings. The summed E-state index contributed by atoms with van der Waals surface area (Å²) in [6.07, 6.45) is 0.769. The molecule has 1 aromatic carbocycles. The highest BCUT2D eigenvalue weighted by atomic mass is 35.5. The van der Waals surface area contributed by atoms with E-state index in [4.69, 9.17) is 16.3 Å². The highest BCUT2D eigenvalue weighted by Crippen LogP contribution is 2.20. The fourth-order valence-corrected chi connectivity index (χ4v) is 2.07. The number of carbonyl (C=O) groups excluding carboxylic acids is 2. The molecule has 1 amide bonds. The van der Waals surface area contributed by atoms with E-state index in [-0.39, 0.29) is 12.5 Å². The molecule has 0 radical (unpaired) electrons. The van der Waals surface area contributed by atoms with E-state index in [1.165, 1.54) is 4.90 Å². The summed E-state index contributed by atoms with van der Waals surface area (Å²) in [5.41, 5.74) is 1.25. The molecule has 4 nitrogen and oxygen atoms in total. The van der Waals surface area contributed by atoms with Gasteiger partial charge in [-0.2, -0.15) is 0 Å². The maximum absolute atomic E-state index is 12.5. The number of benzene rings is 1. The van der Waals surface area contributed by atoms with Gasteiger partial charge in [0, 0.05) is 17.1 Å². The Morgan fingerprint density at radius 3 is 2.60 bits per heavy atom. The van der Waals surface area contributed by atoms with Gasteiger partial charge in [0.2, 0.25) is 0 Å². The van der Waals surface area contributed by atoms with E-state index >= 15 is 0 Å². The van der Waals surface area contributed by atoms with Gasteiger partial charge in [-0.25, -0.2) is 0 Å². The van der Waals surface area contributed by atoms with Crippen molar-refractivity contribution >= 4 is 23.5 Å². The molecule has 0 unspecified atom stereocenters. The van der Waals surface area contributed by atoms with Crippen molar-refractivity contribution in [2.45, 2.75) is 27.2 Å². The Labute approximate surface area is 124 Å². The molecule has 0 atom stereocenters. The van der Waals surface area contributed by atoms with Crippen LogP contribution in [0.4, 0.5) is 0 Å². The minimum absolute atomic E-state index is 0.0353. The van der Waals surface area contributed by atoms with Gasteiger partial charge in [0.05, 0.1) is 6.61 Å². The number of amides is 1. The van der Waals surface area contributed by atoms with Crippen molar-refractivity contribution < 1.29 is 14.3 Å². The third-order valence-corrected chi connectivity index (χ3v) is 3.31. The van der Waals surface area contributed by atoms with Crippen LogP contribution in [-0.2, 0) is 9.53 Å². The summed E-state index contributed by atoms with van der Waals surface area (Å²) in [6.45, 7) is 6.27. The molecule has 1 rings (SSSR count). The third-order valence-electron chi connectivity index (χ3n) is 2.90. The molecule has 0 aliphatic heterocycles. The summed E-state index contributed by atoms with van der Waals surface area (Å²) in [6, 6.07) is 5.19. The van der Waals surface area contributed by atoms with E-state index in [2.05, 4.69) is 0 Å². The van der Waals surface area contributed by atoms with Crippen molar-refractivity contribution in [3.63, 3.8) is 0 Å². The maximum atomic E-state index is 12.5. The maximum Gasteiger partial charge on any atom is 0.325 e. The van der Waals surface area contributed by atoms with Crippen LogP contribution in [0.1, 0.15) is 36.2 Å². The van der Waals surface area contributed by atoms with Crippen molar-refractivity contribution in [1.29, 1.82) is 0 Å². The van der Waals surface area contributed by atoms with Gasteiger partial charge in [-0.15, -0.1) is 0 Å². The smallest absolute Gasteiger partial charge is 0.325 e. The Hall–Kier alpha value is -1.55. The lowest BCUT2D eigenvalue weighted by atomic mass is 10.1. The zero-order chi connectivity index (χ0) is 15.1. The molecular weight excluding hydrogens is 278 g/mol. The predicted octanol–water partition coefficient (Wildman–Crippen LogP) is 3.06. The first-order chi connectivity index (χ1) is 9.51. The molecule has 110 valence electrons. The van der Waals surface area contributed by atoms with Gasteiger partial charge in [-0.05, 0) is 38.0 Å². The number of hydrogen-bond donors (Lipinski definition) is 0. The van der Waals surface area contributed by atoms with Crippen molar-refractivity contribution in [3.05, 3.63) is 34.3 Å². The van der Waals surface area contributed by atoms with Crippen LogP contribution in [-0.4, -0.2) is 36.5 Å². The monoisotopic (exact) mass is 297 g/mol. The van der Waals surface area contributed by atoms with E-state index in [1.807, 2.05) is 6.92 Å². The van der Waals surface area contributed by atoms with Crippen LogP contribution in [0.25, 0.3) is 0 Å². The molecule has 0 aliphatic carbocycles. The van der Waals surface area contributed by atoms with E-state index < -0.39 is 5.97 Å². The number of esters is 1. The summed E-state index contributed by atoms with van der Waals surface area (Å²) >= 11 is 6.03. The second-order valence-corrected chi connectivity index (χ2v) is 4.85. The molecule has 5 heteroatoms. The minimum atomic E-state index is -0.394. The summed E-state index contributed by atoms with van der Waals surface area (Å²) in [7, 11) is 0. The first kappa shape index (κ1) is 16.5. The van der Waals surface area contributed by atoms with Gasteiger partial charge in [0.15, 0.2) is 0 Å². The molecule has 20 heavy (non-hydrogen) atoms. The van der Waals surface area contributed by atoms with Gasteiger partial charge in [-0.1, -0.05) is 24.6 Å². The van der Waals surface area contributed by atoms with Crippen LogP contribution in [0.5, 0.6) is 0 Å². The number of ether oxygens (including phenoxy) is 1. The van der Waals surface area contributed by atoms with Gasteiger partial charge < -0.3 is 9.64 Å². The average molecular weight is 298 g/mol. The molecule has 0 fully saturated rings. The zero-order valence-corrected chi connectivity index (χ0v) is 12.9. The Bertz CT molecular complexity index is 488. The van der Waals surface area contributed by atoms with Crippen LogP contribution < -0.4 is 0 Å². The van der Waals surface area contributed by atoms with Crippen molar-refractivity contribution in [2.75, 3.05) is 19.7 Å². The van der Waals surface area contributed by atoms with Crippen LogP contribution in [0.2, 0.25) is 5.02 Å².